The number of benzene rings is 1. The van der Waals surface area contributed by atoms with Crippen molar-refractivity contribution in [1.82, 2.24) is 4.90 Å². The monoisotopic (exact) mass is 297 g/mol. The van der Waals surface area contributed by atoms with E-state index in [-0.39, 0.29) is 5.60 Å². The van der Waals surface area contributed by atoms with E-state index in [2.05, 4.69) is 65.0 Å². The van der Waals surface area contributed by atoms with E-state index in [1.54, 1.807) is 0 Å². The Hall–Kier alpha value is -0.380. The van der Waals surface area contributed by atoms with Crippen LogP contribution in [0.5, 0.6) is 0 Å². The summed E-state index contributed by atoms with van der Waals surface area (Å²) >= 11 is 3.52. The van der Waals surface area contributed by atoms with E-state index in [4.69, 9.17) is 4.74 Å². The second kappa shape index (κ2) is 5.51. The van der Waals surface area contributed by atoms with Gasteiger partial charge in [0.25, 0.3) is 0 Å². The summed E-state index contributed by atoms with van der Waals surface area (Å²) in [6.45, 7) is 7.34. The first-order chi connectivity index (χ1) is 8.09. The maximum Gasteiger partial charge on any atom is 0.0806 e. The molecule has 17 heavy (non-hydrogen) atoms. The number of hydrogen-bond donors (Lipinski definition) is 0. The summed E-state index contributed by atoms with van der Waals surface area (Å²) in [5, 5.41) is 0.904. The highest BCUT2D eigenvalue weighted by Gasteiger charge is 2.32. The molecule has 1 heterocycles. The van der Waals surface area contributed by atoms with Gasteiger partial charge in [-0.15, -0.1) is 0 Å². The lowest BCUT2D eigenvalue weighted by Crippen LogP contribution is -2.52. The van der Waals surface area contributed by atoms with Crippen LogP contribution < -0.4 is 0 Å². The Morgan fingerprint density at radius 3 is 2.71 bits per heavy atom. The van der Waals surface area contributed by atoms with Crippen molar-refractivity contribution in [2.45, 2.75) is 32.1 Å². The highest BCUT2D eigenvalue weighted by atomic mass is 79.9. The predicted molar refractivity (Wildman–Crippen MR) is 74.5 cm³/mol. The van der Waals surface area contributed by atoms with Crippen molar-refractivity contribution in [1.29, 1.82) is 0 Å². The topological polar surface area (TPSA) is 12.5 Å². The maximum absolute atomic E-state index is 6.00. The van der Waals surface area contributed by atoms with Crippen molar-refractivity contribution in [2.24, 2.45) is 0 Å². The number of alkyl halides is 1. The number of nitrogens with zero attached hydrogens (tertiary/aromatic N) is 1. The first-order valence-corrected chi connectivity index (χ1v) is 7.21. The molecule has 0 saturated carbocycles. The molecule has 0 amide bonds. The SMILES string of the molecule is CC1(C)CN(Cc2ccccc2)C[C@@H](CBr)O1. The van der Waals surface area contributed by atoms with Crippen molar-refractivity contribution >= 4 is 15.9 Å². The first-order valence-electron chi connectivity index (χ1n) is 6.09. The van der Waals surface area contributed by atoms with E-state index in [0.717, 1.165) is 25.0 Å². The molecule has 1 fully saturated rings. The zero-order chi connectivity index (χ0) is 12.3. The lowest BCUT2D eigenvalue weighted by Gasteiger charge is -2.42. The molecule has 0 aromatic heterocycles. The van der Waals surface area contributed by atoms with Gasteiger partial charge < -0.3 is 4.74 Å². The van der Waals surface area contributed by atoms with E-state index in [9.17, 15) is 0 Å². The number of rotatable bonds is 3. The predicted octanol–water partition coefficient (Wildman–Crippen LogP) is 3.06. The summed E-state index contributed by atoms with van der Waals surface area (Å²) in [4.78, 5) is 2.48. The van der Waals surface area contributed by atoms with Gasteiger partial charge in [-0.05, 0) is 19.4 Å². The normalized spacial score (nSPS) is 24.8. The van der Waals surface area contributed by atoms with Gasteiger partial charge in [-0.25, -0.2) is 0 Å². The van der Waals surface area contributed by atoms with Crippen molar-refractivity contribution in [3.05, 3.63) is 35.9 Å². The van der Waals surface area contributed by atoms with E-state index in [1.165, 1.54) is 5.56 Å². The molecule has 1 aliphatic heterocycles. The van der Waals surface area contributed by atoms with Gasteiger partial charge in [0, 0.05) is 25.0 Å². The zero-order valence-corrected chi connectivity index (χ0v) is 12.1. The van der Waals surface area contributed by atoms with Gasteiger partial charge in [0.1, 0.15) is 0 Å². The quantitative estimate of drug-likeness (QED) is 0.795. The summed E-state index contributed by atoms with van der Waals surface area (Å²) in [5.74, 6) is 0. The average Bonchev–Trinajstić information content (AvgIpc) is 2.28. The molecule has 0 unspecified atom stereocenters. The van der Waals surface area contributed by atoms with Crippen molar-refractivity contribution < 1.29 is 4.74 Å². The van der Waals surface area contributed by atoms with Crippen LogP contribution in [0.4, 0.5) is 0 Å². The fourth-order valence-corrected chi connectivity index (χ4v) is 2.80. The van der Waals surface area contributed by atoms with Gasteiger partial charge in [-0.1, -0.05) is 46.3 Å². The lowest BCUT2D eigenvalue weighted by atomic mass is 10.0. The lowest BCUT2D eigenvalue weighted by molar-refractivity contribution is -0.128. The summed E-state index contributed by atoms with van der Waals surface area (Å²) < 4.78 is 6.00. The van der Waals surface area contributed by atoms with Crippen LogP contribution in [0.3, 0.4) is 0 Å². The molecule has 1 saturated heterocycles. The molecule has 0 radical (unpaired) electrons. The third-order valence-corrected chi connectivity index (χ3v) is 3.70. The zero-order valence-electron chi connectivity index (χ0n) is 10.5. The Labute approximate surface area is 112 Å². The van der Waals surface area contributed by atoms with Crippen molar-refractivity contribution in [3.63, 3.8) is 0 Å². The molecule has 2 rings (SSSR count). The van der Waals surface area contributed by atoms with E-state index in [0.29, 0.717) is 6.10 Å². The fraction of sp³-hybridized carbons (Fsp3) is 0.571. The molecule has 1 atom stereocenters. The largest absolute Gasteiger partial charge is 0.369 e. The van der Waals surface area contributed by atoms with E-state index < -0.39 is 0 Å². The summed E-state index contributed by atoms with van der Waals surface area (Å²) in [7, 11) is 0. The van der Waals surface area contributed by atoms with Crippen LogP contribution in [0.25, 0.3) is 0 Å². The highest BCUT2D eigenvalue weighted by Crippen LogP contribution is 2.23. The van der Waals surface area contributed by atoms with Crippen molar-refractivity contribution in [2.75, 3.05) is 18.4 Å². The van der Waals surface area contributed by atoms with Crippen LogP contribution in [-0.2, 0) is 11.3 Å². The first kappa shape index (κ1) is 13.1. The number of morpholine rings is 1. The minimum Gasteiger partial charge on any atom is -0.369 e. The van der Waals surface area contributed by atoms with Crippen LogP contribution in [0.2, 0.25) is 0 Å². The smallest absolute Gasteiger partial charge is 0.0806 e. The highest BCUT2D eigenvalue weighted by molar-refractivity contribution is 9.09. The Bertz CT molecular complexity index is 352. The number of halogens is 1. The Balaban J connectivity index is 2.01. The summed E-state index contributed by atoms with van der Waals surface area (Å²) in [6, 6.07) is 10.6. The summed E-state index contributed by atoms with van der Waals surface area (Å²) in [5.41, 5.74) is 1.32. The van der Waals surface area contributed by atoms with Gasteiger partial charge in [-0.2, -0.15) is 0 Å². The Morgan fingerprint density at radius 1 is 1.35 bits per heavy atom. The van der Waals surface area contributed by atoms with Crippen molar-refractivity contribution in [3.8, 4) is 0 Å². The van der Waals surface area contributed by atoms with Crippen LogP contribution in [0, 0.1) is 0 Å². The van der Waals surface area contributed by atoms with Crippen LogP contribution in [0.1, 0.15) is 19.4 Å². The van der Waals surface area contributed by atoms with Gasteiger partial charge in [0.2, 0.25) is 0 Å². The molecule has 2 nitrogen and oxygen atoms in total. The molecule has 0 N–H and O–H groups in total. The maximum atomic E-state index is 6.00. The number of ether oxygens (including phenoxy) is 1. The molecular weight excluding hydrogens is 278 g/mol. The molecule has 1 aromatic rings. The molecule has 94 valence electrons. The fourth-order valence-electron chi connectivity index (χ4n) is 2.46. The Morgan fingerprint density at radius 2 is 2.06 bits per heavy atom. The van der Waals surface area contributed by atoms with Gasteiger partial charge in [0.15, 0.2) is 0 Å². The minimum atomic E-state index is -0.0501. The molecule has 1 aliphatic rings. The standard InChI is InChI=1S/C14H20BrNO/c1-14(2)11-16(10-13(8-15)17-14)9-12-6-4-3-5-7-12/h3-7,13H,8-11H2,1-2H3/t13-/m1/s1. The van der Waals surface area contributed by atoms with Gasteiger partial charge in [0.05, 0.1) is 11.7 Å². The van der Waals surface area contributed by atoms with Crippen LogP contribution >= 0.6 is 15.9 Å². The van der Waals surface area contributed by atoms with Crippen LogP contribution in [-0.4, -0.2) is 35.0 Å². The molecule has 0 aliphatic carbocycles. The third-order valence-electron chi connectivity index (χ3n) is 2.97. The minimum absolute atomic E-state index is 0.0501. The molecule has 0 spiro atoms. The third kappa shape index (κ3) is 3.80. The molecule has 1 aromatic carbocycles. The average molecular weight is 298 g/mol. The molecule has 3 heteroatoms. The second-order valence-electron chi connectivity index (χ2n) is 5.31. The molecule has 0 bridgehead atoms. The molecular formula is C14H20BrNO. The van der Waals surface area contributed by atoms with Crippen LogP contribution in [0.15, 0.2) is 30.3 Å². The van der Waals surface area contributed by atoms with Gasteiger partial charge >= 0.3 is 0 Å². The van der Waals surface area contributed by atoms with E-state index in [1.807, 2.05) is 0 Å². The van der Waals surface area contributed by atoms with E-state index >= 15 is 0 Å². The Kier molecular flexibility index (Phi) is 4.23. The second-order valence-corrected chi connectivity index (χ2v) is 5.96. The summed E-state index contributed by atoms with van der Waals surface area (Å²) in [6.07, 6.45) is 0.294. The number of hydrogen-bond acceptors (Lipinski definition) is 2. The van der Waals surface area contributed by atoms with Gasteiger partial charge in [-0.3, -0.25) is 4.90 Å².